The van der Waals surface area contributed by atoms with E-state index < -0.39 is 6.61 Å². The van der Waals surface area contributed by atoms with E-state index in [1.165, 1.54) is 28.8 Å². The maximum absolute atomic E-state index is 12.1. The van der Waals surface area contributed by atoms with Gasteiger partial charge in [-0.05, 0) is 56.2 Å². The predicted molar refractivity (Wildman–Crippen MR) is 81.0 cm³/mol. The first-order chi connectivity index (χ1) is 9.95. The van der Waals surface area contributed by atoms with Crippen molar-refractivity contribution in [2.75, 3.05) is 5.32 Å². The zero-order chi connectivity index (χ0) is 15.4. The molecule has 0 fully saturated rings. The van der Waals surface area contributed by atoms with Gasteiger partial charge in [0, 0.05) is 11.7 Å². The fourth-order valence-electron chi connectivity index (χ4n) is 2.37. The van der Waals surface area contributed by atoms with Crippen LogP contribution in [0.15, 0.2) is 42.5 Å². The summed E-state index contributed by atoms with van der Waals surface area (Å²) in [5.74, 6) is 0.162. The van der Waals surface area contributed by atoms with Crippen molar-refractivity contribution in [3.05, 3.63) is 59.2 Å². The van der Waals surface area contributed by atoms with Crippen LogP contribution < -0.4 is 10.1 Å². The number of ether oxygens (including phenoxy) is 1. The standard InChI is InChI=1S/C17H19F2NO/c1-11-4-9-16(12(2)10-11)13(3)20-14-5-7-15(8-6-14)21-17(18)19/h4-10,13,17,20H,1-3H3. The van der Waals surface area contributed by atoms with Gasteiger partial charge >= 0.3 is 6.61 Å². The van der Waals surface area contributed by atoms with Crippen molar-refractivity contribution in [2.45, 2.75) is 33.4 Å². The van der Waals surface area contributed by atoms with E-state index in [1.54, 1.807) is 12.1 Å². The molecule has 1 N–H and O–H groups in total. The third kappa shape index (κ3) is 4.18. The fourth-order valence-corrected chi connectivity index (χ4v) is 2.37. The van der Waals surface area contributed by atoms with Gasteiger partial charge in [-0.1, -0.05) is 23.8 Å². The number of aryl methyl sites for hydroxylation is 2. The first-order valence-electron chi connectivity index (χ1n) is 6.84. The molecule has 2 aromatic carbocycles. The lowest BCUT2D eigenvalue weighted by molar-refractivity contribution is -0.0498. The molecule has 2 aromatic rings. The van der Waals surface area contributed by atoms with Gasteiger partial charge < -0.3 is 10.1 Å². The summed E-state index contributed by atoms with van der Waals surface area (Å²) >= 11 is 0. The molecule has 0 saturated heterocycles. The smallest absolute Gasteiger partial charge is 0.387 e. The summed E-state index contributed by atoms with van der Waals surface area (Å²) in [5.41, 5.74) is 4.54. The first kappa shape index (κ1) is 15.3. The van der Waals surface area contributed by atoms with Crippen molar-refractivity contribution in [3.63, 3.8) is 0 Å². The number of hydrogen-bond acceptors (Lipinski definition) is 2. The van der Waals surface area contributed by atoms with E-state index in [0.29, 0.717) is 0 Å². The molecule has 0 saturated carbocycles. The number of halogens is 2. The molecule has 2 nitrogen and oxygen atoms in total. The fraction of sp³-hybridized carbons (Fsp3) is 0.294. The SMILES string of the molecule is Cc1ccc(C(C)Nc2ccc(OC(F)F)cc2)c(C)c1. The Hall–Kier alpha value is -2.10. The minimum Gasteiger partial charge on any atom is -0.435 e. The summed E-state index contributed by atoms with van der Waals surface area (Å²) in [4.78, 5) is 0. The number of nitrogens with one attached hydrogen (secondary N) is 1. The van der Waals surface area contributed by atoms with Crippen LogP contribution in [0.25, 0.3) is 0 Å². The normalized spacial score (nSPS) is 12.3. The van der Waals surface area contributed by atoms with E-state index in [0.717, 1.165) is 5.69 Å². The monoisotopic (exact) mass is 291 g/mol. The van der Waals surface area contributed by atoms with Crippen molar-refractivity contribution in [1.82, 2.24) is 0 Å². The molecule has 0 amide bonds. The second-order valence-corrected chi connectivity index (χ2v) is 5.13. The highest BCUT2D eigenvalue weighted by Crippen LogP contribution is 2.24. The molecule has 1 atom stereocenters. The van der Waals surface area contributed by atoms with Gasteiger partial charge in [0.15, 0.2) is 0 Å². The zero-order valence-corrected chi connectivity index (χ0v) is 12.4. The molecule has 4 heteroatoms. The Labute approximate surface area is 123 Å². The van der Waals surface area contributed by atoms with Gasteiger partial charge in [-0.15, -0.1) is 0 Å². The summed E-state index contributed by atoms with van der Waals surface area (Å²) in [7, 11) is 0. The predicted octanol–water partition coefficient (Wildman–Crippen LogP) is 5.08. The number of hydrogen-bond donors (Lipinski definition) is 1. The molecule has 0 aliphatic rings. The van der Waals surface area contributed by atoms with Crippen molar-refractivity contribution < 1.29 is 13.5 Å². The Morgan fingerprint density at radius 2 is 1.67 bits per heavy atom. The van der Waals surface area contributed by atoms with Crippen LogP contribution in [0.2, 0.25) is 0 Å². The number of rotatable bonds is 5. The molecule has 2 rings (SSSR count). The van der Waals surface area contributed by atoms with E-state index in [4.69, 9.17) is 0 Å². The summed E-state index contributed by atoms with van der Waals surface area (Å²) in [6.07, 6.45) is 0. The topological polar surface area (TPSA) is 21.3 Å². The maximum atomic E-state index is 12.1. The Morgan fingerprint density at radius 1 is 1.00 bits per heavy atom. The van der Waals surface area contributed by atoms with E-state index in [1.807, 2.05) is 0 Å². The van der Waals surface area contributed by atoms with Gasteiger partial charge in [-0.3, -0.25) is 0 Å². The molecule has 0 aromatic heterocycles. The second-order valence-electron chi connectivity index (χ2n) is 5.13. The highest BCUT2D eigenvalue weighted by atomic mass is 19.3. The largest absolute Gasteiger partial charge is 0.435 e. The van der Waals surface area contributed by atoms with Crippen LogP contribution in [0, 0.1) is 13.8 Å². The van der Waals surface area contributed by atoms with E-state index in [-0.39, 0.29) is 11.8 Å². The molecule has 1 unspecified atom stereocenters. The molecular formula is C17H19F2NO. The minimum atomic E-state index is -2.79. The van der Waals surface area contributed by atoms with Crippen LogP contribution in [-0.4, -0.2) is 6.61 Å². The molecule has 21 heavy (non-hydrogen) atoms. The highest BCUT2D eigenvalue weighted by Gasteiger charge is 2.09. The molecule has 0 aliphatic heterocycles. The van der Waals surface area contributed by atoms with E-state index >= 15 is 0 Å². The third-order valence-corrected chi connectivity index (χ3v) is 3.35. The van der Waals surface area contributed by atoms with E-state index in [9.17, 15) is 8.78 Å². The number of anilines is 1. The quantitative estimate of drug-likeness (QED) is 0.829. The molecular weight excluding hydrogens is 272 g/mol. The number of alkyl halides is 2. The lowest BCUT2D eigenvalue weighted by Crippen LogP contribution is -2.08. The van der Waals surface area contributed by atoms with Crippen molar-refractivity contribution in [3.8, 4) is 5.75 Å². The Bertz CT molecular complexity index is 596. The third-order valence-electron chi connectivity index (χ3n) is 3.35. The van der Waals surface area contributed by atoms with Crippen LogP contribution in [0.5, 0.6) is 5.75 Å². The first-order valence-corrected chi connectivity index (χ1v) is 6.84. The van der Waals surface area contributed by atoms with Crippen molar-refractivity contribution >= 4 is 5.69 Å². The highest BCUT2D eigenvalue weighted by molar-refractivity contribution is 5.49. The van der Waals surface area contributed by atoms with Crippen LogP contribution in [0.1, 0.15) is 29.7 Å². The van der Waals surface area contributed by atoms with Crippen molar-refractivity contribution in [2.24, 2.45) is 0 Å². The lowest BCUT2D eigenvalue weighted by atomic mass is 10.00. The average Bonchev–Trinajstić information content (AvgIpc) is 2.40. The Kier molecular flexibility index (Phi) is 4.78. The lowest BCUT2D eigenvalue weighted by Gasteiger charge is -2.18. The van der Waals surface area contributed by atoms with E-state index in [2.05, 4.69) is 49.0 Å². The van der Waals surface area contributed by atoms with Crippen LogP contribution in [0.4, 0.5) is 14.5 Å². The molecule has 0 radical (unpaired) electrons. The van der Waals surface area contributed by atoms with Crippen LogP contribution in [-0.2, 0) is 0 Å². The Balaban J connectivity index is 2.06. The van der Waals surface area contributed by atoms with Crippen LogP contribution in [0.3, 0.4) is 0 Å². The second kappa shape index (κ2) is 6.57. The molecule has 0 aliphatic carbocycles. The zero-order valence-electron chi connectivity index (χ0n) is 12.4. The van der Waals surface area contributed by atoms with Gasteiger partial charge in [0.25, 0.3) is 0 Å². The summed E-state index contributed by atoms with van der Waals surface area (Å²) in [6, 6.07) is 13.0. The van der Waals surface area contributed by atoms with Gasteiger partial charge in [0.2, 0.25) is 0 Å². The summed E-state index contributed by atoms with van der Waals surface area (Å²) in [6.45, 7) is 3.43. The molecule has 0 spiro atoms. The molecule has 0 heterocycles. The minimum absolute atomic E-state index is 0.132. The van der Waals surface area contributed by atoms with Gasteiger partial charge in [-0.25, -0.2) is 0 Å². The molecule has 0 bridgehead atoms. The Morgan fingerprint density at radius 3 is 2.24 bits per heavy atom. The number of benzene rings is 2. The summed E-state index contributed by atoms with van der Waals surface area (Å²) in [5, 5.41) is 3.36. The van der Waals surface area contributed by atoms with Gasteiger partial charge in [-0.2, -0.15) is 8.78 Å². The van der Waals surface area contributed by atoms with Crippen molar-refractivity contribution in [1.29, 1.82) is 0 Å². The van der Waals surface area contributed by atoms with Gasteiger partial charge in [0.1, 0.15) is 5.75 Å². The summed E-state index contributed by atoms with van der Waals surface area (Å²) < 4.78 is 28.5. The van der Waals surface area contributed by atoms with Gasteiger partial charge in [0.05, 0.1) is 0 Å². The maximum Gasteiger partial charge on any atom is 0.387 e. The average molecular weight is 291 g/mol. The van der Waals surface area contributed by atoms with Crippen LogP contribution >= 0.6 is 0 Å². The molecule has 112 valence electrons.